The second kappa shape index (κ2) is 11.5. The Morgan fingerprint density at radius 3 is 1.87 bits per heavy atom. The van der Waals surface area contributed by atoms with Gasteiger partial charge in [-0.3, -0.25) is 19.2 Å². The number of nitrogens with zero attached hydrogens (tertiary/aromatic N) is 3. The number of aromatic nitrogens is 1. The van der Waals surface area contributed by atoms with Crippen LogP contribution in [0, 0.1) is 5.92 Å². The highest BCUT2D eigenvalue weighted by atomic mass is 32.2. The molecule has 14 heteroatoms. The third kappa shape index (κ3) is 6.29. The molecule has 0 unspecified atom stereocenters. The van der Waals surface area contributed by atoms with Crippen molar-refractivity contribution in [2.75, 3.05) is 24.6 Å². The van der Waals surface area contributed by atoms with Gasteiger partial charge >= 0.3 is 11.9 Å². The van der Waals surface area contributed by atoms with Crippen LogP contribution in [0.15, 0.2) is 18.3 Å². The molecule has 206 valence electrons. The van der Waals surface area contributed by atoms with E-state index in [-0.39, 0.29) is 55.2 Å². The lowest BCUT2D eigenvalue weighted by Gasteiger charge is -2.23. The van der Waals surface area contributed by atoms with Crippen molar-refractivity contribution in [3.63, 3.8) is 0 Å². The number of amides is 4. The Balaban J connectivity index is 1.28. The monoisotopic (exact) mass is 549 g/mol. The summed E-state index contributed by atoms with van der Waals surface area (Å²) < 4.78 is 1.63. The summed E-state index contributed by atoms with van der Waals surface area (Å²) in [6.45, 7) is 0.106. The number of hydrogen-bond donors (Lipinski definition) is 4. The van der Waals surface area contributed by atoms with Crippen LogP contribution in [0.25, 0.3) is 0 Å². The van der Waals surface area contributed by atoms with E-state index in [0.29, 0.717) is 5.69 Å². The number of nitrogens with one attached hydrogen (secondary N) is 2. The van der Waals surface area contributed by atoms with Crippen LogP contribution >= 0.6 is 11.8 Å². The molecule has 0 spiro atoms. The van der Waals surface area contributed by atoms with Gasteiger partial charge in [0.05, 0.1) is 11.5 Å². The number of rotatable bonds is 10. The van der Waals surface area contributed by atoms with Gasteiger partial charge in [-0.15, -0.1) is 11.8 Å². The van der Waals surface area contributed by atoms with Gasteiger partial charge in [-0.25, -0.2) is 9.59 Å². The van der Waals surface area contributed by atoms with Crippen LogP contribution in [-0.4, -0.2) is 109 Å². The van der Waals surface area contributed by atoms with Gasteiger partial charge in [-0.05, 0) is 25.0 Å². The van der Waals surface area contributed by atoms with E-state index in [1.165, 1.54) is 9.80 Å². The van der Waals surface area contributed by atoms with Crippen molar-refractivity contribution in [3.8, 4) is 0 Å². The number of hydrogen-bond acceptors (Lipinski definition) is 7. The van der Waals surface area contributed by atoms with Crippen molar-refractivity contribution in [1.29, 1.82) is 0 Å². The molecular weight excluding hydrogens is 518 g/mol. The molecule has 3 heterocycles. The van der Waals surface area contributed by atoms with Crippen molar-refractivity contribution in [3.05, 3.63) is 24.0 Å². The molecule has 4 amide bonds. The SMILES string of the molecule is Cn1cccc1C(=O)N[C@H]1C[C@@H](C(=O)O)N(C(=O)CSCC(=O)N2C[C@@H](NC(=O)C3CC3)C[C@H]2C(=O)O)C1. The lowest BCUT2D eigenvalue weighted by Crippen LogP contribution is -2.44. The maximum absolute atomic E-state index is 12.9. The predicted molar refractivity (Wildman–Crippen MR) is 134 cm³/mol. The summed E-state index contributed by atoms with van der Waals surface area (Å²) in [6, 6.07) is 0.188. The van der Waals surface area contributed by atoms with Crippen LogP contribution < -0.4 is 10.6 Å². The van der Waals surface area contributed by atoms with Crippen LogP contribution in [0.5, 0.6) is 0 Å². The number of carbonyl (C=O) groups excluding carboxylic acids is 4. The third-order valence-electron chi connectivity index (χ3n) is 7.07. The Morgan fingerprint density at radius 2 is 1.42 bits per heavy atom. The molecule has 0 bridgehead atoms. The Morgan fingerprint density at radius 1 is 0.895 bits per heavy atom. The average Bonchev–Trinajstić information content (AvgIpc) is 3.26. The molecule has 0 aromatic carbocycles. The van der Waals surface area contributed by atoms with Crippen molar-refractivity contribution >= 4 is 47.3 Å². The minimum Gasteiger partial charge on any atom is -0.480 e. The first-order chi connectivity index (χ1) is 18.0. The Bertz CT molecular complexity index is 1130. The number of thioether (sulfide) groups is 1. The molecular formula is C24H31N5O8S. The highest BCUT2D eigenvalue weighted by Gasteiger charge is 2.42. The van der Waals surface area contributed by atoms with Gasteiger partial charge in [0.2, 0.25) is 17.7 Å². The summed E-state index contributed by atoms with van der Waals surface area (Å²) >= 11 is 0.969. The summed E-state index contributed by atoms with van der Waals surface area (Å²) in [6.07, 6.45) is 3.51. The molecule has 1 aromatic rings. The van der Waals surface area contributed by atoms with E-state index in [1.54, 1.807) is 29.9 Å². The van der Waals surface area contributed by atoms with E-state index < -0.39 is 47.9 Å². The summed E-state index contributed by atoms with van der Waals surface area (Å²) in [5, 5.41) is 24.8. The zero-order valence-electron chi connectivity index (χ0n) is 20.9. The fourth-order valence-electron chi connectivity index (χ4n) is 4.91. The molecule has 1 saturated carbocycles. The summed E-state index contributed by atoms with van der Waals surface area (Å²) in [5.41, 5.74) is 0.409. The molecule has 2 aliphatic heterocycles. The number of carboxylic acids is 2. The summed E-state index contributed by atoms with van der Waals surface area (Å²) in [4.78, 5) is 76.1. The molecule has 0 radical (unpaired) electrons. The van der Waals surface area contributed by atoms with E-state index in [0.717, 1.165) is 24.6 Å². The largest absolute Gasteiger partial charge is 0.480 e. The number of likely N-dealkylation sites (tertiary alicyclic amines) is 2. The molecule has 13 nitrogen and oxygen atoms in total. The van der Waals surface area contributed by atoms with E-state index in [9.17, 15) is 39.0 Å². The first-order valence-corrected chi connectivity index (χ1v) is 13.6. The molecule has 1 aliphatic carbocycles. The minimum atomic E-state index is -1.18. The smallest absolute Gasteiger partial charge is 0.326 e. The standard InChI is InChI=1S/C24H31N5O8S/c1-27-6-2-3-16(27)22(33)26-15-8-18(24(36)37)29(10-15)20(31)12-38-11-19(30)28-9-14(7-17(28)23(34)35)25-21(32)13-4-5-13/h2-3,6,13-15,17-18H,4-5,7-12H2,1H3,(H,25,32)(H,26,33)(H,34,35)(H,36,37)/t14-,15-,17-,18-/m0/s1. The molecule has 1 aromatic heterocycles. The maximum Gasteiger partial charge on any atom is 0.326 e. The fourth-order valence-corrected chi connectivity index (χ4v) is 5.70. The quantitative estimate of drug-likeness (QED) is 0.288. The van der Waals surface area contributed by atoms with E-state index >= 15 is 0 Å². The summed E-state index contributed by atoms with van der Waals surface area (Å²) in [7, 11) is 1.71. The normalized spacial score (nSPS) is 24.8. The van der Waals surface area contributed by atoms with Gasteiger partial charge in [0, 0.05) is 57.2 Å². The Labute approximate surface area is 222 Å². The zero-order chi connectivity index (χ0) is 27.6. The second-order valence-electron chi connectivity index (χ2n) is 9.92. The van der Waals surface area contributed by atoms with Crippen LogP contribution in [0.1, 0.15) is 36.2 Å². The second-order valence-corrected chi connectivity index (χ2v) is 10.9. The third-order valence-corrected chi connectivity index (χ3v) is 7.97. The molecule has 2 saturated heterocycles. The molecule has 3 aliphatic rings. The zero-order valence-corrected chi connectivity index (χ0v) is 21.7. The van der Waals surface area contributed by atoms with Crippen LogP contribution in [0.4, 0.5) is 0 Å². The number of carbonyl (C=O) groups is 6. The van der Waals surface area contributed by atoms with Gasteiger partial charge in [0.25, 0.3) is 5.91 Å². The number of aryl methyl sites for hydroxylation is 1. The molecule has 4 N–H and O–H groups in total. The van der Waals surface area contributed by atoms with E-state index in [4.69, 9.17) is 0 Å². The van der Waals surface area contributed by atoms with Crippen molar-refractivity contribution in [2.45, 2.75) is 49.9 Å². The highest BCUT2D eigenvalue weighted by molar-refractivity contribution is 8.00. The van der Waals surface area contributed by atoms with E-state index in [2.05, 4.69) is 10.6 Å². The highest BCUT2D eigenvalue weighted by Crippen LogP contribution is 2.30. The van der Waals surface area contributed by atoms with Crippen LogP contribution in [0.2, 0.25) is 0 Å². The van der Waals surface area contributed by atoms with Gasteiger partial charge < -0.3 is 35.2 Å². The fraction of sp³-hybridized carbons (Fsp3) is 0.583. The Kier molecular flexibility index (Phi) is 8.29. The van der Waals surface area contributed by atoms with Crippen molar-refractivity contribution in [2.24, 2.45) is 13.0 Å². The first-order valence-electron chi connectivity index (χ1n) is 12.4. The predicted octanol–water partition coefficient (Wildman–Crippen LogP) is -0.877. The Hall–Kier alpha value is -3.55. The van der Waals surface area contributed by atoms with Gasteiger partial charge in [0.15, 0.2) is 0 Å². The lowest BCUT2D eigenvalue weighted by atomic mass is 10.1. The summed E-state index contributed by atoms with van der Waals surface area (Å²) in [5.74, 6) is -4.17. The number of aliphatic carboxylic acids is 2. The van der Waals surface area contributed by atoms with E-state index in [1.807, 2.05) is 0 Å². The molecule has 4 rings (SSSR count). The first kappa shape index (κ1) is 27.5. The molecule has 38 heavy (non-hydrogen) atoms. The number of carboxylic acid groups (broad SMARTS) is 2. The molecule has 4 atom stereocenters. The topological polar surface area (TPSA) is 178 Å². The molecule has 3 fully saturated rings. The van der Waals surface area contributed by atoms with Gasteiger partial charge in [-0.2, -0.15) is 0 Å². The van der Waals surface area contributed by atoms with Crippen LogP contribution in [0.3, 0.4) is 0 Å². The lowest BCUT2D eigenvalue weighted by molar-refractivity contribution is -0.147. The minimum absolute atomic E-state index is 0.0239. The van der Waals surface area contributed by atoms with Crippen molar-refractivity contribution < 1.29 is 39.0 Å². The van der Waals surface area contributed by atoms with Crippen molar-refractivity contribution in [1.82, 2.24) is 25.0 Å². The average molecular weight is 550 g/mol. The van der Waals surface area contributed by atoms with Gasteiger partial charge in [0.1, 0.15) is 17.8 Å². The van der Waals surface area contributed by atoms with Gasteiger partial charge in [-0.1, -0.05) is 0 Å². The van der Waals surface area contributed by atoms with Crippen LogP contribution in [-0.2, 0) is 31.0 Å². The maximum atomic E-state index is 12.9.